The zero-order chi connectivity index (χ0) is 19.9. The summed E-state index contributed by atoms with van der Waals surface area (Å²) in [6, 6.07) is 11.8. The summed E-state index contributed by atoms with van der Waals surface area (Å²) in [5.74, 6) is 1.16. The van der Waals surface area contributed by atoms with Crippen molar-refractivity contribution in [3.63, 3.8) is 0 Å². The number of benzene rings is 2. The highest BCUT2D eigenvalue weighted by Gasteiger charge is 2.27. The molecule has 0 saturated heterocycles. The van der Waals surface area contributed by atoms with Gasteiger partial charge in [-0.1, -0.05) is 18.2 Å². The van der Waals surface area contributed by atoms with Crippen molar-refractivity contribution in [3.05, 3.63) is 71.4 Å². The molecule has 0 fully saturated rings. The Kier molecular flexibility index (Phi) is 4.34. The maximum Gasteiger partial charge on any atom is 0.189 e. The second-order valence-electron chi connectivity index (χ2n) is 7.54. The summed E-state index contributed by atoms with van der Waals surface area (Å²) in [6.07, 6.45) is 9.40. The minimum atomic E-state index is -0.477. The van der Waals surface area contributed by atoms with Gasteiger partial charge in [0.1, 0.15) is 17.1 Å². The van der Waals surface area contributed by atoms with Crippen molar-refractivity contribution < 1.29 is 14.3 Å². The van der Waals surface area contributed by atoms with Crippen LogP contribution in [0.25, 0.3) is 23.1 Å². The van der Waals surface area contributed by atoms with E-state index in [4.69, 9.17) is 9.47 Å². The molecule has 0 atom stereocenters. The Morgan fingerprint density at radius 2 is 2.00 bits per heavy atom. The number of ether oxygens (including phenoxy) is 2. The van der Waals surface area contributed by atoms with Crippen LogP contribution in [0.1, 0.15) is 35.3 Å². The van der Waals surface area contributed by atoms with Crippen LogP contribution in [-0.4, -0.2) is 23.1 Å². The molecule has 0 N–H and O–H groups in total. The maximum atomic E-state index is 12.9. The van der Waals surface area contributed by atoms with Crippen LogP contribution in [0, 0.1) is 0 Å². The van der Waals surface area contributed by atoms with Crippen LogP contribution < -0.4 is 9.47 Å². The van der Waals surface area contributed by atoms with Gasteiger partial charge in [0.05, 0.1) is 18.2 Å². The zero-order valence-electron chi connectivity index (χ0n) is 16.5. The molecule has 142 valence electrons. The molecule has 2 heterocycles. The highest BCUT2D eigenvalue weighted by Crippen LogP contribution is 2.39. The number of rotatable bonds is 4. The normalized spacial score (nSPS) is 14.9. The Hall–Kier alpha value is -3.27. The van der Waals surface area contributed by atoms with E-state index in [1.54, 1.807) is 19.3 Å². The van der Waals surface area contributed by atoms with Gasteiger partial charge in [-0.25, -0.2) is 0 Å². The van der Waals surface area contributed by atoms with Gasteiger partial charge in [-0.15, -0.1) is 0 Å². The Labute approximate surface area is 164 Å². The maximum absolute atomic E-state index is 12.9. The van der Waals surface area contributed by atoms with Crippen LogP contribution in [0.4, 0.5) is 0 Å². The molecule has 2 aromatic carbocycles. The van der Waals surface area contributed by atoms with Crippen LogP contribution in [0.15, 0.2) is 54.7 Å². The van der Waals surface area contributed by atoms with Crippen LogP contribution in [-0.2, 0) is 7.05 Å². The second-order valence-corrected chi connectivity index (χ2v) is 7.54. The molecule has 1 aliphatic heterocycles. The molecule has 0 radical (unpaired) electrons. The molecule has 0 spiro atoms. The van der Waals surface area contributed by atoms with E-state index in [0.717, 1.165) is 16.6 Å². The molecule has 3 aromatic rings. The van der Waals surface area contributed by atoms with E-state index in [-0.39, 0.29) is 5.78 Å². The van der Waals surface area contributed by atoms with Crippen molar-refractivity contribution in [1.82, 2.24) is 4.57 Å². The molecule has 4 nitrogen and oxygen atoms in total. The number of fused-ring (bicyclic) bond motifs is 2. The summed E-state index contributed by atoms with van der Waals surface area (Å²) in [6.45, 7) is 3.93. The molecule has 0 unspecified atom stereocenters. The highest BCUT2D eigenvalue weighted by molar-refractivity contribution is 6.09. The van der Waals surface area contributed by atoms with Crippen molar-refractivity contribution in [2.45, 2.75) is 19.4 Å². The minimum Gasteiger partial charge on any atom is -0.496 e. The van der Waals surface area contributed by atoms with Gasteiger partial charge in [0.2, 0.25) is 0 Å². The molecule has 0 aliphatic carbocycles. The summed E-state index contributed by atoms with van der Waals surface area (Å²) < 4.78 is 13.6. The summed E-state index contributed by atoms with van der Waals surface area (Å²) in [7, 11) is 3.63. The number of ketones is 1. The molecule has 1 aliphatic rings. The van der Waals surface area contributed by atoms with Crippen LogP contribution >= 0.6 is 0 Å². The summed E-state index contributed by atoms with van der Waals surface area (Å²) in [4.78, 5) is 12.9. The van der Waals surface area contributed by atoms with E-state index in [2.05, 4.69) is 22.8 Å². The van der Waals surface area contributed by atoms with E-state index < -0.39 is 5.60 Å². The van der Waals surface area contributed by atoms with E-state index in [1.165, 1.54) is 5.39 Å². The van der Waals surface area contributed by atoms with Crippen molar-refractivity contribution >= 4 is 28.8 Å². The molecule has 1 aromatic heterocycles. The quantitative estimate of drug-likeness (QED) is 0.462. The first-order chi connectivity index (χ1) is 13.4. The first-order valence-electron chi connectivity index (χ1n) is 9.25. The Bertz CT molecular complexity index is 1130. The number of nitrogens with zero attached hydrogens (tertiary/aromatic N) is 1. The number of methoxy groups -OCH3 is 1. The van der Waals surface area contributed by atoms with Crippen molar-refractivity contribution in [1.29, 1.82) is 0 Å². The number of aryl methyl sites for hydroxylation is 1. The average Bonchev–Trinajstić information content (AvgIpc) is 3.04. The number of hydrogen-bond donors (Lipinski definition) is 0. The number of hydrogen-bond acceptors (Lipinski definition) is 3. The summed E-state index contributed by atoms with van der Waals surface area (Å²) in [5, 5.41) is 1.18. The topological polar surface area (TPSA) is 40.5 Å². The van der Waals surface area contributed by atoms with Gasteiger partial charge < -0.3 is 14.0 Å². The number of aromatic nitrogens is 1. The van der Waals surface area contributed by atoms with Gasteiger partial charge >= 0.3 is 0 Å². The lowest BCUT2D eigenvalue weighted by atomic mass is 9.97. The third-order valence-electron chi connectivity index (χ3n) is 5.00. The zero-order valence-corrected chi connectivity index (χ0v) is 16.5. The fraction of sp³-hybridized carbons (Fsp3) is 0.208. The number of allylic oxidation sites excluding steroid dienone is 1. The van der Waals surface area contributed by atoms with E-state index >= 15 is 0 Å². The molecule has 28 heavy (non-hydrogen) atoms. The summed E-state index contributed by atoms with van der Waals surface area (Å²) >= 11 is 0. The van der Waals surface area contributed by atoms with Gasteiger partial charge in [-0.05, 0) is 67.3 Å². The van der Waals surface area contributed by atoms with Crippen LogP contribution in [0.5, 0.6) is 11.5 Å². The second kappa shape index (κ2) is 6.71. The lowest BCUT2D eigenvalue weighted by Gasteiger charge is -2.29. The third-order valence-corrected chi connectivity index (χ3v) is 5.00. The Balaban J connectivity index is 1.69. The van der Waals surface area contributed by atoms with Crippen LogP contribution in [0.3, 0.4) is 0 Å². The molecule has 0 amide bonds. The number of carbonyl (C=O) groups is 1. The molecule has 4 heteroatoms. The van der Waals surface area contributed by atoms with Gasteiger partial charge in [0, 0.05) is 18.8 Å². The third kappa shape index (κ3) is 3.22. The van der Waals surface area contributed by atoms with Crippen molar-refractivity contribution in [3.8, 4) is 11.5 Å². The lowest BCUT2D eigenvalue weighted by Crippen LogP contribution is -2.28. The average molecular weight is 373 g/mol. The molecule has 0 bridgehead atoms. The number of carbonyl (C=O) groups excluding carboxylic acids is 1. The SMILES string of the molecule is COc1ccc(C(=O)/C=C/c2ccc3ccn(C)c3c2)c2c1C=CC(C)(C)O2. The summed E-state index contributed by atoms with van der Waals surface area (Å²) in [5.41, 5.74) is 2.96. The highest BCUT2D eigenvalue weighted by atomic mass is 16.5. The van der Waals surface area contributed by atoms with Gasteiger partial charge in [-0.3, -0.25) is 4.79 Å². The smallest absolute Gasteiger partial charge is 0.189 e. The molecule has 4 rings (SSSR count). The fourth-order valence-electron chi connectivity index (χ4n) is 3.45. The predicted octanol–water partition coefficient (Wildman–Crippen LogP) is 5.27. The lowest BCUT2D eigenvalue weighted by molar-refractivity contribution is 0.103. The van der Waals surface area contributed by atoms with E-state index in [9.17, 15) is 4.79 Å². The Morgan fingerprint density at radius 1 is 1.18 bits per heavy atom. The van der Waals surface area contributed by atoms with Crippen molar-refractivity contribution in [2.24, 2.45) is 7.05 Å². The molecular formula is C24H23NO3. The monoisotopic (exact) mass is 373 g/mol. The van der Waals surface area contributed by atoms with Gasteiger partial charge in [0.15, 0.2) is 5.78 Å². The van der Waals surface area contributed by atoms with E-state index in [0.29, 0.717) is 17.1 Å². The molecule has 0 saturated carbocycles. The van der Waals surface area contributed by atoms with E-state index in [1.807, 2.05) is 57.5 Å². The largest absolute Gasteiger partial charge is 0.496 e. The Morgan fingerprint density at radius 3 is 2.79 bits per heavy atom. The standard InChI is InChI=1S/C24H23NO3/c1-24(2)13-11-19-22(27-4)10-8-18(23(19)28-24)21(26)9-6-16-5-7-17-12-14-25(3)20(17)15-16/h5-15H,1-4H3/b9-6+. The van der Waals surface area contributed by atoms with Crippen LogP contribution in [0.2, 0.25) is 0 Å². The first kappa shape index (κ1) is 18.1. The van der Waals surface area contributed by atoms with Gasteiger partial charge in [0.25, 0.3) is 0 Å². The minimum absolute atomic E-state index is 0.100. The van der Waals surface area contributed by atoms with Crippen molar-refractivity contribution in [2.75, 3.05) is 7.11 Å². The fourth-order valence-corrected chi connectivity index (χ4v) is 3.45. The molecular weight excluding hydrogens is 350 g/mol. The first-order valence-corrected chi connectivity index (χ1v) is 9.25. The predicted molar refractivity (Wildman–Crippen MR) is 113 cm³/mol. The van der Waals surface area contributed by atoms with Gasteiger partial charge in [-0.2, -0.15) is 0 Å².